The Bertz CT molecular complexity index is 1490. The number of rotatable bonds is 6. The molecule has 34 heavy (non-hydrogen) atoms. The Morgan fingerprint density at radius 1 is 0.971 bits per heavy atom. The zero-order valence-corrected chi connectivity index (χ0v) is 17.5. The highest BCUT2D eigenvalue weighted by molar-refractivity contribution is 5.97. The third-order valence-corrected chi connectivity index (χ3v) is 4.90. The average Bonchev–Trinajstić information content (AvgIpc) is 3.29. The fourth-order valence-electron chi connectivity index (χ4n) is 3.24. The molecule has 5 rings (SSSR count). The number of nitrogens with two attached hydrogens (primary N) is 1. The van der Waals surface area contributed by atoms with E-state index in [0.717, 1.165) is 0 Å². The van der Waals surface area contributed by atoms with Crippen molar-refractivity contribution in [2.75, 3.05) is 0 Å². The predicted molar refractivity (Wildman–Crippen MR) is 123 cm³/mol. The lowest BCUT2D eigenvalue weighted by atomic mass is 10.2. The second kappa shape index (κ2) is 8.87. The Balaban J connectivity index is 1.56. The van der Waals surface area contributed by atoms with Crippen LogP contribution in [0, 0.1) is 5.82 Å². The SMILES string of the molecule is NC(=NO)c1ccc(Oc2cc3[nH]c(-c4cnccn4)nc3cc2Oc2ccccc2F)cc1. The number of para-hydroxylation sites is 1. The van der Waals surface area contributed by atoms with Crippen molar-refractivity contribution in [3.05, 3.63) is 90.6 Å². The molecule has 4 N–H and O–H groups in total. The van der Waals surface area contributed by atoms with Crippen LogP contribution in [0.15, 0.2) is 84.4 Å². The van der Waals surface area contributed by atoms with E-state index in [4.69, 9.17) is 20.4 Å². The van der Waals surface area contributed by atoms with Crippen LogP contribution in [-0.4, -0.2) is 31.0 Å². The van der Waals surface area contributed by atoms with Gasteiger partial charge >= 0.3 is 0 Å². The summed E-state index contributed by atoms with van der Waals surface area (Å²) in [6.07, 6.45) is 4.74. The highest BCUT2D eigenvalue weighted by Crippen LogP contribution is 2.39. The first-order valence-electron chi connectivity index (χ1n) is 10.1. The topological polar surface area (TPSA) is 132 Å². The Morgan fingerprint density at radius 3 is 2.50 bits per heavy atom. The second-order valence-electron chi connectivity index (χ2n) is 7.14. The Kier molecular flexibility index (Phi) is 5.45. The van der Waals surface area contributed by atoms with Crippen molar-refractivity contribution in [1.29, 1.82) is 0 Å². The lowest BCUT2D eigenvalue weighted by Crippen LogP contribution is -2.12. The molecule has 0 aliphatic rings. The van der Waals surface area contributed by atoms with Gasteiger partial charge in [0.25, 0.3) is 0 Å². The molecule has 0 aliphatic carbocycles. The van der Waals surface area contributed by atoms with Crippen LogP contribution in [0.1, 0.15) is 5.56 Å². The molecule has 2 heterocycles. The van der Waals surface area contributed by atoms with E-state index in [9.17, 15) is 4.39 Å². The molecule has 0 amide bonds. The molecule has 0 fully saturated rings. The Morgan fingerprint density at radius 2 is 1.76 bits per heavy atom. The summed E-state index contributed by atoms with van der Waals surface area (Å²) >= 11 is 0. The fourth-order valence-corrected chi connectivity index (χ4v) is 3.24. The quantitative estimate of drug-likeness (QED) is 0.144. The maximum Gasteiger partial charge on any atom is 0.172 e. The van der Waals surface area contributed by atoms with Crippen molar-refractivity contribution in [1.82, 2.24) is 19.9 Å². The maximum absolute atomic E-state index is 14.3. The van der Waals surface area contributed by atoms with E-state index >= 15 is 0 Å². The van der Waals surface area contributed by atoms with E-state index in [-0.39, 0.29) is 17.3 Å². The van der Waals surface area contributed by atoms with Gasteiger partial charge in [-0.1, -0.05) is 17.3 Å². The van der Waals surface area contributed by atoms with E-state index < -0.39 is 5.82 Å². The number of fused-ring (bicyclic) bond motifs is 1. The molecule has 10 heteroatoms. The van der Waals surface area contributed by atoms with Gasteiger partial charge < -0.3 is 25.4 Å². The number of aromatic amines is 1. The van der Waals surface area contributed by atoms with Crippen molar-refractivity contribution in [2.24, 2.45) is 10.9 Å². The van der Waals surface area contributed by atoms with E-state index in [1.54, 1.807) is 67.1 Å². The summed E-state index contributed by atoms with van der Waals surface area (Å²) in [6.45, 7) is 0. The number of nitrogens with one attached hydrogen (secondary N) is 1. The van der Waals surface area contributed by atoms with Gasteiger partial charge in [-0.3, -0.25) is 4.98 Å². The van der Waals surface area contributed by atoms with Crippen LogP contribution in [0.3, 0.4) is 0 Å². The number of hydrogen-bond acceptors (Lipinski definition) is 7. The molecule has 3 aromatic carbocycles. The number of amidine groups is 1. The maximum atomic E-state index is 14.3. The van der Waals surface area contributed by atoms with E-state index in [2.05, 4.69) is 25.1 Å². The molecule has 0 bridgehead atoms. The van der Waals surface area contributed by atoms with Crippen LogP contribution in [-0.2, 0) is 0 Å². The summed E-state index contributed by atoms with van der Waals surface area (Å²) in [5.74, 6) is 1.06. The van der Waals surface area contributed by atoms with Gasteiger partial charge in [0.1, 0.15) is 11.4 Å². The highest BCUT2D eigenvalue weighted by atomic mass is 19.1. The Hall–Kier alpha value is -4.99. The Labute approximate surface area is 192 Å². The first kappa shape index (κ1) is 20.9. The largest absolute Gasteiger partial charge is 0.453 e. The number of nitrogens with zero attached hydrogens (tertiary/aromatic N) is 4. The summed E-state index contributed by atoms with van der Waals surface area (Å²) in [5, 5.41) is 11.8. The molecule has 0 aliphatic heterocycles. The van der Waals surface area contributed by atoms with Crippen molar-refractivity contribution >= 4 is 16.9 Å². The van der Waals surface area contributed by atoms with Gasteiger partial charge in [0, 0.05) is 30.1 Å². The fraction of sp³-hybridized carbons (Fsp3) is 0. The van der Waals surface area contributed by atoms with Gasteiger partial charge in [-0.25, -0.2) is 14.4 Å². The van der Waals surface area contributed by atoms with Gasteiger partial charge in [0.15, 0.2) is 34.7 Å². The van der Waals surface area contributed by atoms with E-state index in [0.29, 0.717) is 39.6 Å². The molecule has 0 unspecified atom stereocenters. The molecule has 168 valence electrons. The second-order valence-corrected chi connectivity index (χ2v) is 7.14. The van der Waals surface area contributed by atoms with Crippen LogP contribution in [0.2, 0.25) is 0 Å². The van der Waals surface area contributed by atoms with Crippen molar-refractivity contribution in [2.45, 2.75) is 0 Å². The molecule has 0 saturated carbocycles. The summed E-state index contributed by atoms with van der Waals surface area (Å²) in [4.78, 5) is 16.1. The minimum atomic E-state index is -0.515. The number of benzene rings is 3. The van der Waals surface area contributed by atoms with E-state index in [1.807, 2.05) is 0 Å². The van der Waals surface area contributed by atoms with Gasteiger partial charge in [0.05, 0.1) is 17.2 Å². The van der Waals surface area contributed by atoms with Crippen LogP contribution < -0.4 is 15.2 Å². The van der Waals surface area contributed by atoms with Gasteiger partial charge in [-0.2, -0.15) is 0 Å². The first-order chi connectivity index (χ1) is 16.6. The number of oxime groups is 1. The van der Waals surface area contributed by atoms with Crippen LogP contribution in [0.5, 0.6) is 23.0 Å². The first-order valence-corrected chi connectivity index (χ1v) is 10.1. The van der Waals surface area contributed by atoms with Crippen molar-refractivity contribution in [3.63, 3.8) is 0 Å². The molecular weight excluding hydrogens is 439 g/mol. The van der Waals surface area contributed by atoms with E-state index in [1.165, 1.54) is 12.1 Å². The number of H-pyrrole nitrogens is 1. The summed E-state index contributed by atoms with van der Waals surface area (Å²) in [7, 11) is 0. The summed E-state index contributed by atoms with van der Waals surface area (Å²) in [5.41, 5.74) is 7.93. The average molecular weight is 456 g/mol. The molecule has 5 aromatic rings. The third-order valence-electron chi connectivity index (χ3n) is 4.90. The molecular formula is C24H17FN6O3. The van der Waals surface area contributed by atoms with Crippen molar-refractivity contribution in [3.8, 4) is 34.5 Å². The molecule has 0 saturated heterocycles. The number of imidazole rings is 1. The standard InChI is InChI=1S/C24H17FN6O3/c25-16-3-1-2-4-20(16)34-22-12-18-17(29-24(30-18)19-13-27-9-10-28-19)11-21(22)33-15-7-5-14(6-8-15)23(26)31-32/h1-13,32H,(H2,26,31)(H,29,30). The number of aromatic nitrogens is 4. The van der Waals surface area contributed by atoms with Gasteiger partial charge in [-0.05, 0) is 36.4 Å². The normalized spacial score (nSPS) is 11.5. The molecule has 0 spiro atoms. The lowest BCUT2D eigenvalue weighted by molar-refractivity contribution is 0.318. The zero-order chi connectivity index (χ0) is 23.5. The summed E-state index contributed by atoms with van der Waals surface area (Å²) in [6, 6.07) is 16.0. The minimum absolute atomic E-state index is 0.0226. The molecule has 0 atom stereocenters. The number of ether oxygens (including phenoxy) is 2. The number of hydrogen-bond donors (Lipinski definition) is 3. The van der Waals surface area contributed by atoms with Crippen molar-refractivity contribution < 1.29 is 19.1 Å². The predicted octanol–water partition coefficient (Wildman–Crippen LogP) is 4.84. The molecule has 0 radical (unpaired) electrons. The zero-order valence-electron chi connectivity index (χ0n) is 17.5. The third kappa shape index (κ3) is 4.19. The highest BCUT2D eigenvalue weighted by Gasteiger charge is 2.16. The molecule has 2 aromatic heterocycles. The van der Waals surface area contributed by atoms with Crippen LogP contribution in [0.4, 0.5) is 4.39 Å². The van der Waals surface area contributed by atoms with Crippen LogP contribution in [0.25, 0.3) is 22.6 Å². The van der Waals surface area contributed by atoms with Gasteiger partial charge in [-0.15, -0.1) is 0 Å². The summed E-state index contributed by atoms with van der Waals surface area (Å²) < 4.78 is 26.2. The smallest absolute Gasteiger partial charge is 0.172 e. The minimum Gasteiger partial charge on any atom is -0.453 e. The number of halogens is 1. The monoisotopic (exact) mass is 456 g/mol. The van der Waals surface area contributed by atoms with Gasteiger partial charge in [0.2, 0.25) is 0 Å². The lowest BCUT2D eigenvalue weighted by Gasteiger charge is -2.13. The van der Waals surface area contributed by atoms with Crippen LogP contribution >= 0.6 is 0 Å². The molecule has 9 nitrogen and oxygen atoms in total.